The van der Waals surface area contributed by atoms with Gasteiger partial charge in [0.1, 0.15) is 5.69 Å². The lowest BCUT2D eigenvalue weighted by Crippen LogP contribution is -2.29. The number of aromatic nitrogens is 2. The molecule has 0 bridgehead atoms. The summed E-state index contributed by atoms with van der Waals surface area (Å²) < 4.78 is 1.53. The molecule has 1 aromatic rings. The first-order valence-electron chi connectivity index (χ1n) is 3.98. The highest BCUT2D eigenvalue weighted by Gasteiger charge is 2.22. The van der Waals surface area contributed by atoms with Crippen LogP contribution in [0.3, 0.4) is 0 Å². The molecule has 1 aromatic heterocycles. The number of rotatable bonds is 1. The van der Waals surface area contributed by atoms with Gasteiger partial charge in [0.2, 0.25) is 0 Å². The van der Waals surface area contributed by atoms with E-state index in [0.717, 1.165) is 0 Å². The number of carbonyl (C=O) groups is 1. The maximum Gasteiger partial charge on any atom is 0.269 e. The van der Waals surface area contributed by atoms with E-state index >= 15 is 0 Å². The number of primary amides is 1. The predicted molar refractivity (Wildman–Crippen MR) is 50.2 cm³/mol. The van der Waals surface area contributed by atoms with E-state index in [1.165, 1.54) is 10.9 Å². The van der Waals surface area contributed by atoms with Crippen LogP contribution in [0.25, 0.3) is 0 Å². The van der Waals surface area contributed by atoms with Gasteiger partial charge in [0.05, 0.1) is 17.4 Å². The highest BCUT2D eigenvalue weighted by Crippen LogP contribution is 2.19. The monoisotopic (exact) mass is 182 g/mol. The highest BCUT2D eigenvalue weighted by atomic mass is 16.1. The van der Waals surface area contributed by atoms with Crippen molar-refractivity contribution in [1.29, 1.82) is 0 Å². The summed E-state index contributed by atoms with van der Waals surface area (Å²) in [5, 5.41) is 4.00. The number of anilines is 1. The molecule has 5 nitrogen and oxygen atoms in total. The molecule has 0 radical (unpaired) electrons. The standard InChI is InChI=1S/C8H14N4O/c1-8(2,3)12-6(7(10)13)5(9)4-11-12/h4H,9H2,1-3H3,(H2,10,13). The summed E-state index contributed by atoms with van der Waals surface area (Å²) in [5.41, 5.74) is 11.0. The molecule has 0 saturated heterocycles. The molecular formula is C8H14N4O. The summed E-state index contributed by atoms with van der Waals surface area (Å²) >= 11 is 0. The van der Waals surface area contributed by atoms with Crippen molar-refractivity contribution in [2.24, 2.45) is 5.73 Å². The fraction of sp³-hybridized carbons (Fsp3) is 0.500. The molecule has 0 aromatic carbocycles. The van der Waals surface area contributed by atoms with Crippen molar-refractivity contribution in [3.8, 4) is 0 Å². The van der Waals surface area contributed by atoms with Crippen LogP contribution >= 0.6 is 0 Å². The molecule has 72 valence electrons. The summed E-state index contributed by atoms with van der Waals surface area (Å²) in [5.74, 6) is -0.551. The summed E-state index contributed by atoms with van der Waals surface area (Å²) in [7, 11) is 0. The second-order valence-electron chi connectivity index (χ2n) is 3.90. The first-order valence-corrected chi connectivity index (χ1v) is 3.98. The molecule has 4 N–H and O–H groups in total. The number of hydrogen-bond acceptors (Lipinski definition) is 3. The van der Waals surface area contributed by atoms with Crippen molar-refractivity contribution < 1.29 is 4.79 Å². The zero-order valence-electron chi connectivity index (χ0n) is 8.03. The molecule has 5 heteroatoms. The Morgan fingerprint density at radius 2 is 2.08 bits per heavy atom. The van der Waals surface area contributed by atoms with E-state index in [4.69, 9.17) is 11.5 Å². The molecule has 0 spiro atoms. The Kier molecular flexibility index (Phi) is 2.03. The van der Waals surface area contributed by atoms with Gasteiger partial charge < -0.3 is 11.5 Å². The molecule has 0 aliphatic carbocycles. The van der Waals surface area contributed by atoms with E-state index < -0.39 is 5.91 Å². The van der Waals surface area contributed by atoms with E-state index in [1.54, 1.807) is 0 Å². The third-order valence-corrected chi connectivity index (χ3v) is 1.67. The first-order chi connectivity index (χ1) is 5.84. The second kappa shape index (κ2) is 2.76. The lowest BCUT2D eigenvalue weighted by molar-refractivity contribution is 0.0983. The summed E-state index contributed by atoms with van der Waals surface area (Å²) in [6, 6.07) is 0. The lowest BCUT2D eigenvalue weighted by Gasteiger charge is -2.21. The number of nitrogen functional groups attached to an aromatic ring is 1. The minimum Gasteiger partial charge on any atom is -0.396 e. The van der Waals surface area contributed by atoms with Gasteiger partial charge in [-0.05, 0) is 20.8 Å². The molecule has 0 fully saturated rings. The number of nitrogens with zero attached hydrogens (tertiary/aromatic N) is 2. The van der Waals surface area contributed by atoms with Gasteiger partial charge in [-0.3, -0.25) is 9.48 Å². The first kappa shape index (κ1) is 9.57. The van der Waals surface area contributed by atoms with Gasteiger partial charge in [0.25, 0.3) is 5.91 Å². The average molecular weight is 182 g/mol. The largest absolute Gasteiger partial charge is 0.396 e. The summed E-state index contributed by atoms with van der Waals surface area (Å²) in [6.07, 6.45) is 1.44. The zero-order valence-corrected chi connectivity index (χ0v) is 8.03. The lowest BCUT2D eigenvalue weighted by atomic mass is 10.1. The molecule has 1 heterocycles. The Bertz CT molecular complexity index is 334. The van der Waals surface area contributed by atoms with E-state index in [-0.39, 0.29) is 11.2 Å². The maximum atomic E-state index is 11.0. The van der Waals surface area contributed by atoms with Crippen LogP contribution < -0.4 is 11.5 Å². The van der Waals surface area contributed by atoms with Crippen LogP contribution in [0.15, 0.2) is 6.20 Å². The molecular weight excluding hydrogens is 168 g/mol. The minimum atomic E-state index is -0.551. The third kappa shape index (κ3) is 1.63. The topological polar surface area (TPSA) is 86.9 Å². The van der Waals surface area contributed by atoms with Gasteiger partial charge in [0.15, 0.2) is 0 Å². The van der Waals surface area contributed by atoms with Gasteiger partial charge in [-0.25, -0.2) is 0 Å². The third-order valence-electron chi connectivity index (χ3n) is 1.67. The fourth-order valence-corrected chi connectivity index (χ4v) is 1.12. The van der Waals surface area contributed by atoms with Crippen molar-refractivity contribution in [2.75, 3.05) is 5.73 Å². The summed E-state index contributed by atoms with van der Waals surface area (Å²) in [4.78, 5) is 11.0. The Morgan fingerprint density at radius 3 is 2.38 bits per heavy atom. The van der Waals surface area contributed by atoms with Gasteiger partial charge in [-0.2, -0.15) is 5.10 Å². The molecule has 0 aliphatic rings. The maximum absolute atomic E-state index is 11.0. The van der Waals surface area contributed by atoms with E-state index in [0.29, 0.717) is 5.69 Å². The number of carbonyl (C=O) groups excluding carboxylic acids is 1. The van der Waals surface area contributed by atoms with Gasteiger partial charge in [-0.15, -0.1) is 0 Å². The van der Waals surface area contributed by atoms with E-state index in [2.05, 4.69) is 5.10 Å². The predicted octanol–water partition coefficient (Wildman–Crippen LogP) is 0.319. The van der Waals surface area contributed by atoms with Gasteiger partial charge in [0, 0.05) is 0 Å². The van der Waals surface area contributed by atoms with Crippen molar-refractivity contribution in [2.45, 2.75) is 26.3 Å². The van der Waals surface area contributed by atoms with Gasteiger partial charge in [-0.1, -0.05) is 0 Å². The number of hydrogen-bond donors (Lipinski definition) is 2. The SMILES string of the molecule is CC(C)(C)n1ncc(N)c1C(N)=O. The quantitative estimate of drug-likeness (QED) is 0.655. The van der Waals surface area contributed by atoms with Crippen molar-refractivity contribution in [1.82, 2.24) is 9.78 Å². The minimum absolute atomic E-state index is 0.271. The van der Waals surface area contributed by atoms with Crippen molar-refractivity contribution in [3.05, 3.63) is 11.9 Å². The smallest absolute Gasteiger partial charge is 0.269 e. The molecule has 0 saturated carbocycles. The fourth-order valence-electron chi connectivity index (χ4n) is 1.12. The zero-order chi connectivity index (χ0) is 10.2. The van der Waals surface area contributed by atoms with Crippen molar-refractivity contribution >= 4 is 11.6 Å². The number of amides is 1. The Morgan fingerprint density at radius 1 is 1.54 bits per heavy atom. The van der Waals surface area contributed by atoms with Gasteiger partial charge >= 0.3 is 0 Å². The highest BCUT2D eigenvalue weighted by molar-refractivity contribution is 5.96. The summed E-state index contributed by atoms with van der Waals surface area (Å²) in [6.45, 7) is 5.77. The van der Waals surface area contributed by atoms with E-state index in [9.17, 15) is 4.79 Å². The molecule has 1 amide bonds. The van der Waals surface area contributed by atoms with E-state index in [1.807, 2.05) is 20.8 Å². The van der Waals surface area contributed by atoms with Crippen LogP contribution in [-0.2, 0) is 5.54 Å². The normalized spacial score (nSPS) is 11.6. The average Bonchev–Trinajstić information content (AvgIpc) is 2.28. The Hall–Kier alpha value is -1.52. The van der Waals surface area contributed by atoms with Crippen LogP contribution in [0, 0.1) is 0 Å². The number of nitrogens with two attached hydrogens (primary N) is 2. The molecule has 0 aliphatic heterocycles. The van der Waals surface area contributed by atoms with Crippen LogP contribution in [0.2, 0.25) is 0 Å². The van der Waals surface area contributed by atoms with Crippen LogP contribution in [0.5, 0.6) is 0 Å². The second-order valence-corrected chi connectivity index (χ2v) is 3.90. The molecule has 1 rings (SSSR count). The molecule has 0 unspecified atom stereocenters. The van der Waals surface area contributed by atoms with Crippen LogP contribution in [-0.4, -0.2) is 15.7 Å². The Labute approximate surface area is 76.7 Å². The van der Waals surface area contributed by atoms with Crippen LogP contribution in [0.1, 0.15) is 31.3 Å². The molecule has 13 heavy (non-hydrogen) atoms. The van der Waals surface area contributed by atoms with Crippen molar-refractivity contribution in [3.63, 3.8) is 0 Å². The van der Waals surface area contributed by atoms with Crippen LogP contribution in [0.4, 0.5) is 5.69 Å². The Balaban J connectivity index is 3.31. The molecule has 0 atom stereocenters.